The second-order valence-corrected chi connectivity index (χ2v) is 3.82. The summed E-state index contributed by atoms with van der Waals surface area (Å²) in [5.41, 5.74) is 5.07. The lowest BCUT2D eigenvalue weighted by molar-refractivity contribution is 0.847. The number of nitrogens with zero attached hydrogens (tertiary/aromatic N) is 2. The van der Waals surface area contributed by atoms with E-state index < -0.39 is 0 Å². The second-order valence-electron chi connectivity index (χ2n) is 3.82. The first-order chi connectivity index (χ1) is 7.36. The van der Waals surface area contributed by atoms with Crippen molar-refractivity contribution in [2.24, 2.45) is 0 Å². The Hall–Kier alpha value is -1.83. The highest BCUT2D eigenvalue weighted by molar-refractivity contribution is 5.78. The molecule has 15 heavy (non-hydrogen) atoms. The lowest BCUT2D eigenvalue weighted by atomic mass is 10.2. The van der Waals surface area contributed by atoms with E-state index in [0.29, 0.717) is 0 Å². The molecule has 0 amide bonds. The number of allylic oxidation sites excluding steroid dienone is 2. The summed E-state index contributed by atoms with van der Waals surface area (Å²) in [4.78, 5) is 0. The summed E-state index contributed by atoms with van der Waals surface area (Å²) >= 11 is 0. The third kappa shape index (κ3) is 1.38. The minimum atomic E-state index is 1.13. The van der Waals surface area contributed by atoms with Crippen molar-refractivity contribution in [2.75, 3.05) is 0 Å². The molecule has 1 aromatic heterocycles. The quantitative estimate of drug-likeness (QED) is 0.722. The Kier molecular flexibility index (Phi) is 1.75. The van der Waals surface area contributed by atoms with Crippen LogP contribution in [0.4, 0.5) is 0 Å². The average molecular weight is 196 g/mol. The molecule has 0 unspecified atom stereocenters. The van der Waals surface area contributed by atoms with E-state index in [1.807, 2.05) is 29.1 Å². The number of rotatable bonds is 2. The zero-order valence-corrected chi connectivity index (χ0v) is 8.64. The van der Waals surface area contributed by atoms with Crippen LogP contribution in [-0.2, 0) is 0 Å². The van der Waals surface area contributed by atoms with Gasteiger partial charge in [-0.2, -0.15) is 5.10 Å². The van der Waals surface area contributed by atoms with Crippen LogP contribution in [0.2, 0.25) is 0 Å². The van der Waals surface area contributed by atoms with Gasteiger partial charge in [0, 0.05) is 11.3 Å². The smallest absolute Gasteiger partial charge is 0.0648 e. The van der Waals surface area contributed by atoms with Crippen LogP contribution in [0.1, 0.15) is 17.7 Å². The van der Waals surface area contributed by atoms with Gasteiger partial charge >= 0.3 is 0 Å². The summed E-state index contributed by atoms with van der Waals surface area (Å²) in [6.45, 7) is 2.12. The van der Waals surface area contributed by atoms with E-state index in [-0.39, 0.29) is 0 Å². The third-order valence-corrected chi connectivity index (χ3v) is 2.76. The Morgan fingerprint density at radius 3 is 2.60 bits per heavy atom. The SMILES string of the molecule is Cc1c(C2=CC2)cnn1-c1ccccc1. The van der Waals surface area contributed by atoms with E-state index in [2.05, 4.69) is 30.2 Å². The molecule has 2 nitrogen and oxygen atoms in total. The molecule has 2 heteroatoms. The minimum absolute atomic E-state index is 1.13. The van der Waals surface area contributed by atoms with Gasteiger partial charge in [0.25, 0.3) is 0 Å². The summed E-state index contributed by atoms with van der Waals surface area (Å²) in [6.07, 6.45) is 5.32. The molecule has 1 aromatic carbocycles. The fourth-order valence-corrected chi connectivity index (χ4v) is 1.83. The van der Waals surface area contributed by atoms with Gasteiger partial charge in [-0.25, -0.2) is 4.68 Å². The molecule has 0 saturated heterocycles. The van der Waals surface area contributed by atoms with E-state index in [1.54, 1.807) is 0 Å². The van der Waals surface area contributed by atoms with Crippen LogP contribution in [-0.4, -0.2) is 9.78 Å². The van der Waals surface area contributed by atoms with E-state index in [0.717, 1.165) is 12.1 Å². The van der Waals surface area contributed by atoms with Crippen LogP contribution < -0.4 is 0 Å². The minimum Gasteiger partial charge on any atom is -0.237 e. The van der Waals surface area contributed by atoms with Crippen LogP contribution in [0.5, 0.6) is 0 Å². The molecule has 0 N–H and O–H groups in total. The van der Waals surface area contributed by atoms with Gasteiger partial charge < -0.3 is 0 Å². The first kappa shape index (κ1) is 8.48. The second kappa shape index (κ2) is 3.09. The van der Waals surface area contributed by atoms with Crippen molar-refractivity contribution >= 4 is 5.57 Å². The van der Waals surface area contributed by atoms with Crippen LogP contribution in [0.15, 0.2) is 42.6 Å². The van der Waals surface area contributed by atoms with Crippen molar-refractivity contribution in [3.8, 4) is 5.69 Å². The predicted octanol–water partition coefficient (Wildman–Crippen LogP) is 2.97. The summed E-state index contributed by atoms with van der Waals surface area (Å²) in [5, 5.41) is 4.42. The van der Waals surface area contributed by atoms with Crippen LogP contribution in [0.3, 0.4) is 0 Å². The largest absolute Gasteiger partial charge is 0.237 e. The Morgan fingerprint density at radius 1 is 1.20 bits per heavy atom. The highest BCUT2D eigenvalue weighted by Gasteiger charge is 2.16. The van der Waals surface area contributed by atoms with Crippen molar-refractivity contribution < 1.29 is 0 Å². The van der Waals surface area contributed by atoms with E-state index in [9.17, 15) is 0 Å². The van der Waals surface area contributed by atoms with Crippen LogP contribution in [0, 0.1) is 6.92 Å². The topological polar surface area (TPSA) is 17.8 Å². The lowest BCUT2D eigenvalue weighted by Crippen LogP contribution is -1.98. The maximum absolute atomic E-state index is 4.42. The maximum Gasteiger partial charge on any atom is 0.0648 e. The first-order valence-electron chi connectivity index (χ1n) is 5.16. The fourth-order valence-electron chi connectivity index (χ4n) is 1.83. The summed E-state index contributed by atoms with van der Waals surface area (Å²) in [5.74, 6) is 0. The van der Waals surface area contributed by atoms with Gasteiger partial charge in [0.05, 0.1) is 11.9 Å². The average Bonchev–Trinajstić information content (AvgIpc) is 3.04. The van der Waals surface area contributed by atoms with Gasteiger partial charge in [-0.05, 0) is 31.1 Å². The van der Waals surface area contributed by atoms with Crippen LogP contribution in [0.25, 0.3) is 11.3 Å². The fraction of sp³-hybridized carbons (Fsp3) is 0.154. The van der Waals surface area contributed by atoms with Crippen molar-refractivity contribution in [3.05, 3.63) is 53.9 Å². The predicted molar refractivity (Wildman–Crippen MR) is 60.9 cm³/mol. The number of para-hydroxylation sites is 1. The molecule has 0 saturated carbocycles. The molecular weight excluding hydrogens is 184 g/mol. The normalized spacial score (nSPS) is 13.8. The molecule has 74 valence electrons. The number of aromatic nitrogens is 2. The standard InChI is InChI=1S/C13H12N2/c1-10-13(11-7-8-11)9-14-15(10)12-5-3-2-4-6-12/h2-7,9H,8H2,1H3. The van der Waals surface area contributed by atoms with Crippen molar-refractivity contribution in [1.29, 1.82) is 0 Å². The summed E-state index contributed by atoms with van der Waals surface area (Å²) in [7, 11) is 0. The zero-order valence-electron chi connectivity index (χ0n) is 8.64. The van der Waals surface area contributed by atoms with Crippen molar-refractivity contribution in [1.82, 2.24) is 9.78 Å². The van der Waals surface area contributed by atoms with E-state index in [4.69, 9.17) is 0 Å². The first-order valence-corrected chi connectivity index (χ1v) is 5.16. The Morgan fingerprint density at radius 2 is 1.93 bits per heavy atom. The molecule has 1 heterocycles. The molecule has 0 spiro atoms. The van der Waals surface area contributed by atoms with Gasteiger partial charge in [-0.3, -0.25) is 0 Å². The molecule has 0 bridgehead atoms. The summed E-state index contributed by atoms with van der Waals surface area (Å²) in [6, 6.07) is 10.2. The molecule has 1 aliphatic carbocycles. The number of hydrogen-bond donors (Lipinski definition) is 0. The van der Waals surface area contributed by atoms with E-state index in [1.165, 1.54) is 16.8 Å². The van der Waals surface area contributed by atoms with Gasteiger partial charge in [-0.1, -0.05) is 24.3 Å². The van der Waals surface area contributed by atoms with Gasteiger partial charge in [0.1, 0.15) is 0 Å². The summed E-state index contributed by atoms with van der Waals surface area (Å²) < 4.78 is 1.99. The zero-order chi connectivity index (χ0) is 10.3. The Bertz CT molecular complexity index is 521. The molecule has 3 rings (SSSR count). The highest BCUT2D eigenvalue weighted by Crippen LogP contribution is 2.33. The van der Waals surface area contributed by atoms with Gasteiger partial charge in [0.15, 0.2) is 0 Å². The van der Waals surface area contributed by atoms with Crippen molar-refractivity contribution in [3.63, 3.8) is 0 Å². The molecule has 2 aromatic rings. The third-order valence-electron chi connectivity index (χ3n) is 2.76. The number of hydrogen-bond acceptors (Lipinski definition) is 1. The molecule has 0 aliphatic heterocycles. The highest BCUT2D eigenvalue weighted by atomic mass is 15.3. The van der Waals surface area contributed by atoms with Crippen molar-refractivity contribution in [2.45, 2.75) is 13.3 Å². The Balaban J connectivity index is 2.09. The molecular formula is C13H12N2. The monoisotopic (exact) mass is 196 g/mol. The van der Waals surface area contributed by atoms with E-state index >= 15 is 0 Å². The van der Waals surface area contributed by atoms with Crippen LogP contribution >= 0.6 is 0 Å². The number of benzene rings is 1. The molecule has 0 radical (unpaired) electrons. The van der Waals surface area contributed by atoms with Gasteiger partial charge in [0.2, 0.25) is 0 Å². The molecule has 0 fully saturated rings. The van der Waals surface area contributed by atoms with Gasteiger partial charge in [-0.15, -0.1) is 0 Å². The molecule has 0 atom stereocenters. The molecule has 1 aliphatic rings. The lowest BCUT2D eigenvalue weighted by Gasteiger charge is -2.03. The Labute approximate surface area is 88.9 Å². The maximum atomic E-state index is 4.42.